The van der Waals surface area contributed by atoms with Gasteiger partial charge in [-0.3, -0.25) is 14.8 Å². The second-order valence-electron chi connectivity index (χ2n) is 2.80. The standard InChI is InChI=1S/C10H8N2O2/c1-7(13)14-10-6-11-5-9-8(10)3-2-4-12-9/h2-6H,1H3. The minimum absolute atomic E-state index is 0.358. The molecule has 2 aromatic rings. The fraction of sp³-hybridized carbons (Fsp3) is 0.100. The van der Waals surface area contributed by atoms with Gasteiger partial charge >= 0.3 is 5.97 Å². The molecule has 0 aliphatic heterocycles. The zero-order valence-electron chi connectivity index (χ0n) is 7.60. The SMILES string of the molecule is CC(=O)Oc1cncc2ncccc12. The second kappa shape index (κ2) is 3.41. The molecular formula is C10H8N2O2. The molecule has 70 valence electrons. The molecule has 0 atom stereocenters. The molecule has 0 spiro atoms. The van der Waals surface area contributed by atoms with Crippen molar-refractivity contribution in [2.24, 2.45) is 0 Å². The molecule has 0 saturated carbocycles. The number of ether oxygens (including phenoxy) is 1. The molecule has 4 nitrogen and oxygen atoms in total. The molecule has 0 amide bonds. The highest BCUT2D eigenvalue weighted by molar-refractivity contribution is 5.86. The molecule has 14 heavy (non-hydrogen) atoms. The van der Waals surface area contributed by atoms with E-state index >= 15 is 0 Å². The molecule has 0 saturated heterocycles. The summed E-state index contributed by atoms with van der Waals surface area (Å²) in [6.07, 6.45) is 4.80. The summed E-state index contributed by atoms with van der Waals surface area (Å²) in [6.45, 7) is 1.36. The Morgan fingerprint density at radius 3 is 3.07 bits per heavy atom. The van der Waals surface area contributed by atoms with Gasteiger partial charge in [0.05, 0.1) is 17.9 Å². The van der Waals surface area contributed by atoms with E-state index in [2.05, 4.69) is 9.97 Å². The summed E-state index contributed by atoms with van der Waals surface area (Å²) in [5.41, 5.74) is 0.714. The van der Waals surface area contributed by atoms with Gasteiger partial charge in [0.2, 0.25) is 0 Å². The molecule has 2 rings (SSSR count). The summed E-state index contributed by atoms with van der Waals surface area (Å²) >= 11 is 0. The lowest BCUT2D eigenvalue weighted by Crippen LogP contribution is -2.02. The van der Waals surface area contributed by atoms with Crippen LogP contribution in [0.2, 0.25) is 0 Å². The maximum Gasteiger partial charge on any atom is 0.308 e. The Kier molecular flexibility index (Phi) is 2.10. The van der Waals surface area contributed by atoms with Gasteiger partial charge < -0.3 is 4.74 Å². The third-order valence-corrected chi connectivity index (χ3v) is 1.75. The first-order valence-corrected chi connectivity index (χ1v) is 4.14. The number of carbonyl (C=O) groups excluding carboxylic acids is 1. The first-order chi connectivity index (χ1) is 6.77. The van der Waals surface area contributed by atoms with E-state index in [1.54, 1.807) is 18.5 Å². The molecule has 4 heteroatoms. The normalized spacial score (nSPS) is 10.1. The van der Waals surface area contributed by atoms with Crippen LogP contribution in [0.4, 0.5) is 0 Å². The maximum atomic E-state index is 10.8. The lowest BCUT2D eigenvalue weighted by Gasteiger charge is -2.03. The Hall–Kier alpha value is -1.97. The monoisotopic (exact) mass is 188 g/mol. The van der Waals surface area contributed by atoms with Gasteiger partial charge in [-0.05, 0) is 12.1 Å². The van der Waals surface area contributed by atoms with Gasteiger partial charge in [0.25, 0.3) is 0 Å². The van der Waals surface area contributed by atoms with Crippen LogP contribution in [0.1, 0.15) is 6.92 Å². The van der Waals surface area contributed by atoms with Gasteiger partial charge in [-0.1, -0.05) is 0 Å². The van der Waals surface area contributed by atoms with Crippen molar-refractivity contribution in [2.75, 3.05) is 0 Å². The Labute approximate surface area is 80.6 Å². The number of carbonyl (C=O) groups is 1. The summed E-state index contributed by atoms with van der Waals surface area (Å²) in [4.78, 5) is 18.8. The van der Waals surface area contributed by atoms with Gasteiger partial charge in [0.15, 0.2) is 5.75 Å². The Balaban J connectivity index is 2.59. The van der Waals surface area contributed by atoms with E-state index in [-0.39, 0.29) is 5.97 Å². The van der Waals surface area contributed by atoms with Crippen LogP contribution in [-0.2, 0) is 4.79 Å². The van der Waals surface area contributed by atoms with Crippen LogP contribution in [0.25, 0.3) is 10.9 Å². The van der Waals surface area contributed by atoms with Gasteiger partial charge in [-0.15, -0.1) is 0 Å². The molecular weight excluding hydrogens is 180 g/mol. The third kappa shape index (κ3) is 1.54. The van der Waals surface area contributed by atoms with Crippen molar-refractivity contribution in [3.05, 3.63) is 30.7 Å². The van der Waals surface area contributed by atoms with E-state index in [1.807, 2.05) is 6.07 Å². The van der Waals surface area contributed by atoms with E-state index in [1.165, 1.54) is 13.1 Å². The summed E-state index contributed by atoms with van der Waals surface area (Å²) in [5, 5.41) is 0.790. The van der Waals surface area contributed by atoms with Gasteiger partial charge in [0.1, 0.15) is 0 Å². The molecule has 0 fully saturated rings. The number of nitrogens with zero attached hydrogens (tertiary/aromatic N) is 2. The average Bonchev–Trinajstić information content (AvgIpc) is 2.18. The van der Waals surface area contributed by atoms with Crippen LogP contribution in [-0.4, -0.2) is 15.9 Å². The molecule has 2 aromatic heterocycles. The fourth-order valence-corrected chi connectivity index (χ4v) is 1.21. The van der Waals surface area contributed by atoms with Gasteiger partial charge in [-0.2, -0.15) is 0 Å². The highest BCUT2D eigenvalue weighted by atomic mass is 16.5. The molecule has 0 bridgehead atoms. The molecule has 0 aliphatic rings. The van der Waals surface area contributed by atoms with Crippen LogP contribution in [0.15, 0.2) is 30.7 Å². The van der Waals surface area contributed by atoms with Crippen molar-refractivity contribution in [1.29, 1.82) is 0 Å². The van der Waals surface area contributed by atoms with Crippen LogP contribution < -0.4 is 4.74 Å². The van der Waals surface area contributed by atoms with E-state index < -0.39 is 0 Å². The minimum atomic E-state index is -0.358. The number of hydrogen-bond donors (Lipinski definition) is 0. The zero-order chi connectivity index (χ0) is 9.97. The van der Waals surface area contributed by atoms with Crippen LogP contribution in [0.3, 0.4) is 0 Å². The first-order valence-electron chi connectivity index (χ1n) is 4.14. The van der Waals surface area contributed by atoms with E-state index in [0.717, 1.165) is 5.39 Å². The molecule has 0 unspecified atom stereocenters. The van der Waals surface area contributed by atoms with E-state index in [4.69, 9.17) is 4.74 Å². The summed E-state index contributed by atoms with van der Waals surface area (Å²) in [5.74, 6) is 0.0891. The number of hydrogen-bond acceptors (Lipinski definition) is 4. The number of fused-ring (bicyclic) bond motifs is 1. The van der Waals surface area contributed by atoms with Gasteiger partial charge in [-0.25, -0.2) is 0 Å². The number of rotatable bonds is 1. The Morgan fingerprint density at radius 2 is 2.29 bits per heavy atom. The highest BCUT2D eigenvalue weighted by Gasteiger charge is 2.04. The summed E-state index contributed by atoms with van der Waals surface area (Å²) in [6, 6.07) is 3.62. The smallest absolute Gasteiger partial charge is 0.308 e. The predicted molar refractivity (Wildman–Crippen MR) is 50.8 cm³/mol. The third-order valence-electron chi connectivity index (χ3n) is 1.75. The van der Waals surface area contributed by atoms with Crippen LogP contribution >= 0.6 is 0 Å². The van der Waals surface area contributed by atoms with Crippen LogP contribution in [0.5, 0.6) is 5.75 Å². The minimum Gasteiger partial charge on any atom is -0.424 e. The first kappa shape index (κ1) is 8.62. The second-order valence-corrected chi connectivity index (χ2v) is 2.80. The predicted octanol–water partition coefficient (Wildman–Crippen LogP) is 1.56. The number of aromatic nitrogens is 2. The van der Waals surface area contributed by atoms with Crippen LogP contribution in [0, 0.1) is 0 Å². The lowest BCUT2D eigenvalue weighted by atomic mass is 10.2. The number of pyridine rings is 2. The van der Waals surface area contributed by atoms with Crippen molar-refractivity contribution >= 4 is 16.9 Å². The molecule has 0 aromatic carbocycles. The maximum absolute atomic E-state index is 10.8. The quantitative estimate of drug-likeness (QED) is 0.637. The topological polar surface area (TPSA) is 52.1 Å². The fourth-order valence-electron chi connectivity index (χ4n) is 1.21. The molecule has 0 aliphatic carbocycles. The van der Waals surface area contributed by atoms with Gasteiger partial charge in [0, 0.05) is 18.5 Å². The van der Waals surface area contributed by atoms with Crippen molar-refractivity contribution in [3.63, 3.8) is 0 Å². The Bertz CT molecular complexity index is 477. The number of esters is 1. The van der Waals surface area contributed by atoms with Crippen molar-refractivity contribution in [2.45, 2.75) is 6.92 Å². The molecule has 0 radical (unpaired) electrons. The van der Waals surface area contributed by atoms with Crippen molar-refractivity contribution in [1.82, 2.24) is 9.97 Å². The lowest BCUT2D eigenvalue weighted by molar-refractivity contribution is -0.131. The van der Waals surface area contributed by atoms with Crippen molar-refractivity contribution < 1.29 is 9.53 Å². The van der Waals surface area contributed by atoms with E-state index in [9.17, 15) is 4.79 Å². The molecule has 0 N–H and O–H groups in total. The highest BCUT2D eigenvalue weighted by Crippen LogP contribution is 2.21. The largest absolute Gasteiger partial charge is 0.424 e. The summed E-state index contributed by atoms with van der Waals surface area (Å²) < 4.78 is 4.99. The Morgan fingerprint density at radius 1 is 1.43 bits per heavy atom. The molecule has 2 heterocycles. The summed E-state index contributed by atoms with van der Waals surface area (Å²) in [7, 11) is 0. The average molecular weight is 188 g/mol. The zero-order valence-corrected chi connectivity index (χ0v) is 7.60. The van der Waals surface area contributed by atoms with E-state index in [0.29, 0.717) is 11.3 Å². The van der Waals surface area contributed by atoms with Crippen molar-refractivity contribution in [3.8, 4) is 5.75 Å².